The number of benzene rings is 1. The lowest BCUT2D eigenvalue weighted by molar-refractivity contribution is 0.486. The highest BCUT2D eigenvalue weighted by Gasteiger charge is 2.19. The van der Waals surface area contributed by atoms with Crippen molar-refractivity contribution in [1.29, 1.82) is 0 Å². The number of sulfonamides is 1. The molecule has 17 heavy (non-hydrogen) atoms. The third-order valence-corrected chi connectivity index (χ3v) is 4.87. The monoisotopic (exact) mass is 256 g/mol. The molecule has 96 valence electrons. The predicted molar refractivity (Wildman–Crippen MR) is 69.4 cm³/mol. The maximum atomic E-state index is 12.1. The van der Waals surface area contributed by atoms with Gasteiger partial charge in [-0.3, -0.25) is 0 Å². The summed E-state index contributed by atoms with van der Waals surface area (Å²) >= 11 is 0. The fraction of sp³-hybridized carbons (Fsp3) is 0.500. The number of nitrogens with one attached hydrogen (secondary N) is 1. The van der Waals surface area contributed by atoms with Gasteiger partial charge in [0.1, 0.15) is 0 Å². The Kier molecular flexibility index (Phi) is 4.68. The third kappa shape index (κ3) is 3.06. The Bertz CT molecular complexity index is 471. The van der Waals surface area contributed by atoms with Crippen LogP contribution in [0, 0.1) is 0 Å². The summed E-state index contributed by atoms with van der Waals surface area (Å²) < 4.78 is 25.6. The molecule has 0 saturated carbocycles. The summed E-state index contributed by atoms with van der Waals surface area (Å²) in [4.78, 5) is 0.349. The molecule has 1 N–H and O–H groups in total. The first-order chi connectivity index (χ1) is 7.93. The van der Waals surface area contributed by atoms with E-state index in [4.69, 9.17) is 0 Å². The Morgan fingerprint density at radius 1 is 1.41 bits per heavy atom. The lowest BCUT2D eigenvalue weighted by Crippen LogP contribution is -2.26. The van der Waals surface area contributed by atoms with Crippen molar-refractivity contribution in [2.75, 3.05) is 20.6 Å². The predicted octanol–water partition coefficient (Wildman–Crippen LogP) is 1.61. The number of nitrogens with zero attached hydrogens (tertiary/aromatic N) is 1. The number of rotatable bonds is 5. The van der Waals surface area contributed by atoms with Crippen LogP contribution >= 0.6 is 0 Å². The summed E-state index contributed by atoms with van der Waals surface area (Å²) in [5.41, 5.74) is 0.970. The van der Waals surface area contributed by atoms with Crippen LogP contribution in [0.25, 0.3) is 0 Å². The van der Waals surface area contributed by atoms with Gasteiger partial charge < -0.3 is 5.32 Å². The van der Waals surface area contributed by atoms with E-state index in [9.17, 15) is 8.42 Å². The van der Waals surface area contributed by atoms with E-state index in [0.29, 0.717) is 11.4 Å². The van der Waals surface area contributed by atoms with E-state index in [1.54, 1.807) is 25.2 Å². The van der Waals surface area contributed by atoms with Crippen LogP contribution in [-0.4, -0.2) is 33.4 Å². The van der Waals surface area contributed by atoms with E-state index >= 15 is 0 Å². The topological polar surface area (TPSA) is 49.4 Å². The largest absolute Gasteiger partial charge is 0.313 e. The Hall–Kier alpha value is -0.910. The molecular weight excluding hydrogens is 236 g/mol. The molecule has 0 saturated heterocycles. The molecule has 0 radical (unpaired) electrons. The number of hydrogen-bond donors (Lipinski definition) is 1. The van der Waals surface area contributed by atoms with Gasteiger partial charge in [0.05, 0.1) is 4.90 Å². The minimum absolute atomic E-state index is 0.136. The summed E-state index contributed by atoms with van der Waals surface area (Å²) in [6, 6.07) is 7.19. The van der Waals surface area contributed by atoms with Gasteiger partial charge in [-0.15, -0.1) is 0 Å². The minimum atomic E-state index is -3.35. The van der Waals surface area contributed by atoms with E-state index in [1.807, 2.05) is 27.0 Å². The molecule has 0 aliphatic rings. The van der Waals surface area contributed by atoms with Crippen LogP contribution < -0.4 is 5.32 Å². The highest BCUT2D eigenvalue weighted by molar-refractivity contribution is 7.89. The van der Waals surface area contributed by atoms with Gasteiger partial charge in [-0.2, -0.15) is 0 Å². The molecule has 0 aromatic heterocycles. The van der Waals surface area contributed by atoms with Crippen LogP contribution in [0.2, 0.25) is 0 Å². The van der Waals surface area contributed by atoms with Crippen LogP contribution in [-0.2, 0) is 10.0 Å². The van der Waals surface area contributed by atoms with Crippen molar-refractivity contribution < 1.29 is 8.42 Å². The van der Waals surface area contributed by atoms with Gasteiger partial charge in [0.15, 0.2) is 0 Å². The fourth-order valence-electron chi connectivity index (χ4n) is 1.46. The molecule has 0 fully saturated rings. The van der Waals surface area contributed by atoms with Crippen molar-refractivity contribution >= 4 is 10.0 Å². The molecule has 1 rings (SSSR count). The van der Waals surface area contributed by atoms with Gasteiger partial charge in [-0.25, -0.2) is 12.7 Å². The second-order valence-corrected chi connectivity index (χ2v) is 6.05. The molecular formula is C12H20N2O2S. The van der Waals surface area contributed by atoms with Gasteiger partial charge in [-0.1, -0.05) is 19.1 Å². The molecule has 0 aliphatic heterocycles. The summed E-state index contributed by atoms with van der Waals surface area (Å²) in [7, 11) is 0.0903. The first kappa shape index (κ1) is 14.2. The molecule has 1 aromatic rings. The highest BCUT2D eigenvalue weighted by atomic mass is 32.2. The lowest BCUT2D eigenvalue weighted by atomic mass is 10.1. The molecule has 5 heteroatoms. The maximum absolute atomic E-state index is 12.1. The average Bonchev–Trinajstić information content (AvgIpc) is 2.36. The van der Waals surface area contributed by atoms with Crippen LogP contribution in [0.3, 0.4) is 0 Å². The third-order valence-electron chi connectivity index (χ3n) is 2.94. The summed E-state index contributed by atoms with van der Waals surface area (Å²) in [6.07, 6.45) is 0. The average molecular weight is 256 g/mol. The van der Waals surface area contributed by atoms with Crippen molar-refractivity contribution in [2.45, 2.75) is 24.8 Å². The zero-order chi connectivity index (χ0) is 13.1. The summed E-state index contributed by atoms with van der Waals surface area (Å²) in [5.74, 6) is 0. The van der Waals surface area contributed by atoms with Crippen molar-refractivity contribution in [3.8, 4) is 0 Å². The molecule has 1 aromatic carbocycles. The molecule has 4 nitrogen and oxygen atoms in total. The van der Waals surface area contributed by atoms with Crippen molar-refractivity contribution in [3.63, 3.8) is 0 Å². The van der Waals surface area contributed by atoms with Crippen LogP contribution in [0.4, 0.5) is 0 Å². The first-order valence-electron chi connectivity index (χ1n) is 5.67. The van der Waals surface area contributed by atoms with Crippen LogP contribution in [0.5, 0.6) is 0 Å². The molecule has 0 bridgehead atoms. The van der Waals surface area contributed by atoms with E-state index in [2.05, 4.69) is 5.32 Å². The zero-order valence-electron chi connectivity index (χ0n) is 10.8. The Morgan fingerprint density at radius 2 is 2.06 bits per heavy atom. The minimum Gasteiger partial charge on any atom is -0.313 e. The van der Waals surface area contributed by atoms with E-state index < -0.39 is 10.0 Å². The lowest BCUT2D eigenvalue weighted by Gasteiger charge is -2.17. The quantitative estimate of drug-likeness (QED) is 0.870. The van der Waals surface area contributed by atoms with Gasteiger partial charge >= 0.3 is 0 Å². The molecule has 0 spiro atoms. The van der Waals surface area contributed by atoms with Gasteiger partial charge in [0.25, 0.3) is 0 Å². The maximum Gasteiger partial charge on any atom is 0.242 e. The fourth-order valence-corrected chi connectivity index (χ4v) is 2.70. The van der Waals surface area contributed by atoms with Gasteiger partial charge in [-0.05, 0) is 31.7 Å². The van der Waals surface area contributed by atoms with Gasteiger partial charge in [0, 0.05) is 19.6 Å². The van der Waals surface area contributed by atoms with Gasteiger partial charge in [0.2, 0.25) is 10.0 Å². The Labute approximate surface area is 104 Å². The molecule has 1 unspecified atom stereocenters. The summed E-state index contributed by atoms with van der Waals surface area (Å²) in [5, 5.41) is 3.09. The van der Waals surface area contributed by atoms with Crippen molar-refractivity contribution in [1.82, 2.24) is 9.62 Å². The highest BCUT2D eigenvalue weighted by Crippen LogP contribution is 2.19. The Balaban J connectivity index is 3.16. The zero-order valence-corrected chi connectivity index (χ0v) is 11.6. The van der Waals surface area contributed by atoms with Crippen molar-refractivity contribution in [3.05, 3.63) is 29.8 Å². The van der Waals surface area contributed by atoms with Crippen molar-refractivity contribution in [2.24, 2.45) is 0 Å². The normalized spacial score (nSPS) is 13.9. The second kappa shape index (κ2) is 5.62. The molecule has 0 heterocycles. The number of hydrogen-bond acceptors (Lipinski definition) is 3. The molecule has 0 amide bonds. The standard InChI is InChI=1S/C12H20N2O2S/c1-5-14(4)17(15,16)12-8-6-7-11(9-12)10(2)13-3/h6-10,13H,5H2,1-4H3. The van der Waals surface area contributed by atoms with E-state index in [-0.39, 0.29) is 6.04 Å². The van der Waals surface area contributed by atoms with E-state index in [0.717, 1.165) is 5.56 Å². The molecule has 1 atom stereocenters. The van der Waals surface area contributed by atoms with Crippen LogP contribution in [0.15, 0.2) is 29.2 Å². The SMILES string of the molecule is CCN(C)S(=O)(=O)c1cccc(C(C)NC)c1. The van der Waals surface area contributed by atoms with Crippen LogP contribution in [0.1, 0.15) is 25.5 Å². The van der Waals surface area contributed by atoms with E-state index in [1.165, 1.54) is 4.31 Å². The second-order valence-electron chi connectivity index (χ2n) is 4.00. The smallest absolute Gasteiger partial charge is 0.242 e. The Morgan fingerprint density at radius 3 is 2.59 bits per heavy atom. The summed E-state index contributed by atoms with van der Waals surface area (Å²) in [6.45, 7) is 4.28. The first-order valence-corrected chi connectivity index (χ1v) is 7.11. The molecule has 0 aliphatic carbocycles.